The number of hydrogen-bond acceptors (Lipinski definition) is 0. The van der Waals surface area contributed by atoms with Crippen molar-refractivity contribution in [1.29, 1.82) is 0 Å². The zero-order valence-corrected chi connectivity index (χ0v) is 12.0. The number of benzene rings is 2. The van der Waals surface area contributed by atoms with Crippen LogP contribution in [0.15, 0.2) is 60.7 Å². The van der Waals surface area contributed by atoms with Crippen molar-refractivity contribution in [2.45, 2.75) is 18.8 Å². The average Bonchev–Trinajstić information content (AvgIpc) is 2.42. The Kier molecular flexibility index (Phi) is 5.05. The van der Waals surface area contributed by atoms with Gasteiger partial charge in [-0.3, -0.25) is 0 Å². The highest BCUT2D eigenvalue weighted by atomic mass is 127. The SMILES string of the molecule is ICCCC(c1ccccc1)c1ccccc1. The van der Waals surface area contributed by atoms with Crippen LogP contribution in [0.1, 0.15) is 29.9 Å². The molecule has 88 valence electrons. The van der Waals surface area contributed by atoms with Crippen molar-refractivity contribution < 1.29 is 0 Å². The van der Waals surface area contributed by atoms with Gasteiger partial charge in [-0.1, -0.05) is 83.3 Å². The van der Waals surface area contributed by atoms with Crippen LogP contribution in [0.2, 0.25) is 0 Å². The molecule has 0 unspecified atom stereocenters. The maximum atomic E-state index is 2.46. The second kappa shape index (κ2) is 6.80. The van der Waals surface area contributed by atoms with E-state index in [-0.39, 0.29) is 0 Å². The second-order valence-corrected chi connectivity index (χ2v) is 5.28. The molecule has 0 radical (unpaired) electrons. The predicted molar refractivity (Wildman–Crippen MR) is 82.8 cm³/mol. The fourth-order valence-electron chi connectivity index (χ4n) is 2.18. The van der Waals surface area contributed by atoms with Crippen molar-refractivity contribution in [3.8, 4) is 0 Å². The van der Waals surface area contributed by atoms with Gasteiger partial charge in [0.2, 0.25) is 0 Å². The van der Waals surface area contributed by atoms with Crippen LogP contribution >= 0.6 is 22.6 Å². The van der Waals surface area contributed by atoms with Gasteiger partial charge in [-0.05, 0) is 28.4 Å². The second-order valence-electron chi connectivity index (χ2n) is 4.21. The summed E-state index contributed by atoms with van der Waals surface area (Å²) in [4.78, 5) is 0. The Labute approximate surface area is 117 Å². The molecule has 0 amide bonds. The van der Waals surface area contributed by atoms with Gasteiger partial charge in [0.1, 0.15) is 0 Å². The highest BCUT2D eigenvalue weighted by Gasteiger charge is 2.12. The molecule has 17 heavy (non-hydrogen) atoms. The quantitative estimate of drug-likeness (QED) is 0.530. The van der Waals surface area contributed by atoms with Gasteiger partial charge in [0, 0.05) is 5.92 Å². The Hall–Kier alpha value is -0.830. The van der Waals surface area contributed by atoms with E-state index in [1.165, 1.54) is 28.4 Å². The van der Waals surface area contributed by atoms with Gasteiger partial charge in [0.05, 0.1) is 0 Å². The van der Waals surface area contributed by atoms with Crippen molar-refractivity contribution in [2.75, 3.05) is 4.43 Å². The Morgan fingerprint density at radius 2 is 1.24 bits per heavy atom. The van der Waals surface area contributed by atoms with Gasteiger partial charge in [-0.25, -0.2) is 0 Å². The lowest BCUT2D eigenvalue weighted by Gasteiger charge is -2.17. The topological polar surface area (TPSA) is 0 Å². The first-order valence-electron chi connectivity index (χ1n) is 6.07. The first-order valence-corrected chi connectivity index (χ1v) is 7.60. The van der Waals surface area contributed by atoms with E-state index >= 15 is 0 Å². The normalized spacial score (nSPS) is 10.7. The van der Waals surface area contributed by atoms with Gasteiger partial charge in [-0.2, -0.15) is 0 Å². The van der Waals surface area contributed by atoms with Crippen LogP contribution in [0.5, 0.6) is 0 Å². The minimum absolute atomic E-state index is 0.548. The summed E-state index contributed by atoms with van der Waals surface area (Å²) in [6.07, 6.45) is 2.51. The van der Waals surface area contributed by atoms with Gasteiger partial charge in [0.25, 0.3) is 0 Å². The van der Waals surface area contributed by atoms with Crippen LogP contribution in [-0.4, -0.2) is 4.43 Å². The van der Waals surface area contributed by atoms with E-state index in [1.54, 1.807) is 0 Å². The molecule has 2 rings (SSSR count). The molecular weight excluding hydrogens is 319 g/mol. The lowest BCUT2D eigenvalue weighted by molar-refractivity contribution is 0.707. The minimum Gasteiger partial charge on any atom is -0.0864 e. The smallest absolute Gasteiger partial charge is 0.00896 e. The molecule has 0 saturated heterocycles. The molecule has 2 aromatic rings. The third-order valence-electron chi connectivity index (χ3n) is 3.03. The summed E-state index contributed by atoms with van der Waals surface area (Å²) < 4.78 is 1.23. The zero-order valence-electron chi connectivity index (χ0n) is 9.85. The van der Waals surface area contributed by atoms with E-state index in [2.05, 4.69) is 83.3 Å². The molecule has 0 fully saturated rings. The maximum Gasteiger partial charge on any atom is 0.00896 e. The van der Waals surface area contributed by atoms with E-state index in [9.17, 15) is 0 Å². The summed E-state index contributed by atoms with van der Waals surface area (Å²) >= 11 is 2.46. The fourth-order valence-corrected chi connectivity index (χ4v) is 2.62. The van der Waals surface area contributed by atoms with E-state index in [0.717, 1.165) is 0 Å². The molecule has 0 spiro atoms. The first kappa shape index (κ1) is 12.6. The van der Waals surface area contributed by atoms with E-state index < -0.39 is 0 Å². The van der Waals surface area contributed by atoms with E-state index in [0.29, 0.717) is 5.92 Å². The Morgan fingerprint density at radius 3 is 1.65 bits per heavy atom. The summed E-state index contributed by atoms with van der Waals surface area (Å²) in [5, 5.41) is 0. The van der Waals surface area contributed by atoms with Crippen LogP contribution in [0.3, 0.4) is 0 Å². The lowest BCUT2D eigenvalue weighted by atomic mass is 9.88. The zero-order chi connectivity index (χ0) is 11.9. The van der Waals surface area contributed by atoms with Crippen molar-refractivity contribution in [3.63, 3.8) is 0 Å². The van der Waals surface area contributed by atoms with Crippen LogP contribution in [0.4, 0.5) is 0 Å². The van der Waals surface area contributed by atoms with Gasteiger partial charge in [-0.15, -0.1) is 0 Å². The molecule has 0 heterocycles. The molecule has 0 N–H and O–H groups in total. The van der Waals surface area contributed by atoms with Crippen LogP contribution in [0.25, 0.3) is 0 Å². The highest BCUT2D eigenvalue weighted by molar-refractivity contribution is 14.1. The molecule has 1 heteroatoms. The summed E-state index contributed by atoms with van der Waals surface area (Å²) in [5.41, 5.74) is 2.87. The van der Waals surface area contributed by atoms with Gasteiger partial charge < -0.3 is 0 Å². The fraction of sp³-hybridized carbons (Fsp3) is 0.250. The number of hydrogen-bond donors (Lipinski definition) is 0. The molecule has 0 saturated carbocycles. The van der Waals surface area contributed by atoms with Crippen LogP contribution in [-0.2, 0) is 0 Å². The minimum atomic E-state index is 0.548. The molecule has 0 aliphatic carbocycles. The van der Waals surface area contributed by atoms with Crippen molar-refractivity contribution in [3.05, 3.63) is 71.8 Å². The molecule has 0 atom stereocenters. The Morgan fingerprint density at radius 1 is 0.765 bits per heavy atom. The average molecular weight is 336 g/mol. The predicted octanol–water partition coefficient (Wildman–Crippen LogP) is 5.03. The van der Waals surface area contributed by atoms with Crippen LogP contribution < -0.4 is 0 Å². The molecular formula is C16H17I. The number of alkyl halides is 1. The van der Waals surface area contributed by atoms with Crippen molar-refractivity contribution >= 4 is 22.6 Å². The maximum absolute atomic E-state index is 2.46. The lowest BCUT2D eigenvalue weighted by Crippen LogP contribution is -2.01. The molecule has 0 aliphatic heterocycles. The molecule has 2 aromatic carbocycles. The largest absolute Gasteiger partial charge is 0.0864 e. The molecule has 0 bridgehead atoms. The summed E-state index contributed by atoms with van der Waals surface area (Å²) in [5.74, 6) is 0.548. The van der Waals surface area contributed by atoms with Crippen LogP contribution in [0, 0.1) is 0 Å². The number of halogens is 1. The Bertz CT molecular complexity index is 382. The first-order chi connectivity index (χ1) is 8.42. The third kappa shape index (κ3) is 3.56. The summed E-state index contributed by atoms with van der Waals surface area (Å²) in [7, 11) is 0. The summed E-state index contributed by atoms with van der Waals surface area (Å²) in [6.45, 7) is 0. The molecule has 0 aromatic heterocycles. The standard InChI is InChI=1S/C16H17I/c17-13-7-12-16(14-8-3-1-4-9-14)15-10-5-2-6-11-15/h1-6,8-11,16H,7,12-13H2. The van der Waals surface area contributed by atoms with E-state index in [1.807, 2.05) is 0 Å². The van der Waals surface area contributed by atoms with E-state index in [4.69, 9.17) is 0 Å². The van der Waals surface area contributed by atoms with Gasteiger partial charge >= 0.3 is 0 Å². The van der Waals surface area contributed by atoms with Gasteiger partial charge in [0.15, 0.2) is 0 Å². The monoisotopic (exact) mass is 336 g/mol. The van der Waals surface area contributed by atoms with Crippen molar-refractivity contribution in [2.24, 2.45) is 0 Å². The number of rotatable bonds is 5. The highest BCUT2D eigenvalue weighted by Crippen LogP contribution is 2.29. The molecule has 0 nitrogen and oxygen atoms in total. The third-order valence-corrected chi connectivity index (χ3v) is 3.79. The summed E-state index contributed by atoms with van der Waals surface area (Å²) in [6, 6.07) is 21.7. The molecule has 0 aliphatic rings. The Balaban J connectivity index is 2.26. The van der Waals surface area contributed by atoms with Crippen molar-refractivity contribution in [1.82, 2.24) is 0 Å².